The summed E-state index contributed by atoms with van der Waals surface area (Å²) in [5, 5.41) is 20.7. The molecule has 2 N–H and O–H groups in total. The number of hydrogen-bond acceptors (Lipinski definition) is 5. The van der Waals surface area contributed by atoms with E-state index in [4.69, 9.17) is 0 Å². The van der Waals surface area contributed by atoms with Crippen molar-refractivity contribution in [2.24, 2.45) is 11.8 Å². The summed E-state index contributed by atoms with van der Waals surface area (Å²) in [4.78, 5) is 23.3. The first-order chi connectivity index (χ1) is 13.3. The van der Waals surface area contributed by atoms with Gasteiger partial charge in [0.1, 0.15) is 5.78 Å². The Morgan fingerprint density at radius 3 is 2.57 bits per heavy atom. The second-order valence-electron chi connectivity index (χ2n) is 8.54. The van der Waals surface area contributed by atoms with Crippen molar-refractivity contribution in [3.05, 3.63) is 12.2 Å². The van der Waals surface area contributed by atoms with E-state index < -0.39 is 11.7 Å². The lowest BCUT2D eigenvalue weighted by molar-refractivity contribution is -0.140. The average Bonchev–Trinajstić information content (AvgIpc) is 2.92. The van der Waals surface area contributed by atoms with Crippen molar-refractivity contribution in [1.82, 2.24) is 0 Å². The van der Waals surface area contributed by atoms with Gasteiger partial charge in [0.05, 0.1) is 18.8 Å². The summed E-state index contributed by atoms with van der Waals surface area (Å²) >= 11 is 0. The van der Waals surface area contributed by atoms with Crippen molar-refractivity contribution >= 4 is 11.8 Å². The second-order valence-corrected chi connectivity index (χ2v) is 8.54. The Hall–Kier alpha value is -1.20. The molecular formula is C23H40O5. The molecule has 1 fully saturated rings. The quantitative estimate of drug-likeness (QED) is 0.259. The molecule has 1 saturated carbocycles. The number of rotatable bonds is 14. The molecule has 1 rings (SSSR count). The maximum atomic E-state index is 12.3. The Balaban J connectivity index is 2.37. The van der Waals surface area contributed by atoms with Crippen LogP contribution in [0.25, 0.3) is 0 Å². The maximum absolute atomic E-state index is 12.3. The zero-order valence-electron chi connectivity index (χ0n) is 18.0. The van der Waals surface area contributed by atoms with Crippen molar-refractivity contribution in [2.75, 3.05) is 7.11 Å². The van der Waals surface area contributed by atoms with Gasteiger partial charge in [-0.15, -0.1) is 0 Å². The van der Waals surface area contributed by atoms with Gasteiger partial charge in [-0.1, -0.05) is 57.6 Å². The van der Waals surface area contributed by atoms with Gasteiger partial charge in [0.2, 0.25) is 0 Å². The van der Waals surface area contributed by atoms with E-state index in [0.717, 1.165) is 57.8 Å². The highest BCUT2D eigenvalue weighted by Gasteiger charge is 2.39. The van der Waals surface area contributed by atoms with Crippen molar-refractivity contribution in [2.45, 2.75) is 103 Å². The summed E-state index contributed by atoms with van der Waals surface area (Å²) < 4.78 is 4.63. The molecule has 0 heterocycles. The number of ether oxygens (including phenoxy) is 1. The smallest absolute Gasteiger partial charge is 0.305 e. The van der Waals surface area contributed by atoms with Gasteiger partial charge in [0.25, 0.3) is 0 Å². The SMILES string of the molecule is CCCCC(C)(O)C/C=C/[C@H]1[C@H](O)CC(=O)[C@@H]1CCCCCCCC(=O)OC. The Kier molecular flexibility index (Phi) is 11.6. The zero-order valence-corrected chi connectivity index (χ0v) is 18.0. The molecule has 0 radical (unpaired) electrons. The standard InChI is InChI=1S/C23H40O5/c1-4-5-15-23(2,27)16-11-13-19-18(20(24)17-21(19)25)12-9-7-6-8-10-14-22(26)28-3/h11,13,18-19,21,25,27H,4-10,12,14-17H2,1-3H3/b13-11+/t18-,19-,21-,23?/m1/s1. The molecule has 0 aromatic rings. The molecule has 5 heteroatoms. The number of carbonyl (C=O) groups is 2. The zero-order chi connectivity index (χ0) is 21.0. The topological polar surface area (TPSA) is 83.8 Å². The van der Waals surface area contributed by atoms with E-state index in [-0.39, 0.29) is 30.0 Å². The van der Waals surface area contributed by atoms with Crippen LogP contribution < -0.4 is 0 Å². The maximum Gasteiger partial charge on any atom is 0.305 e. The first kappa shape index (κ1) is 24.8. The van der Waals surface area contributed by atoms with Crippen molar-refractivity contribution in [3.63, 3.8) is 0 Å². The van der Waals surface area contributed by atoms with E-state index in [2.05, 4.69) is 11.7 Å². The van der Waals surface area contributed by atoms with Gasteiger partial charge in [-0.25, -0.2) is 0 Å². The summed E-state index contributed by atoms with van der Waals surface area (Å²) in [6.07, 6.45) is 13.0. The summed E-state index contributed by atoms with van der Waals surface area (Å²) in [5.74, 6) is -0.241. The third-order valence-electron chi connectivity index (χ3n) is 5.84. The number of esters is 1. The van der Waals surface area contributed by atoms with E-state index in [1.807, 2.05) is 19.1 Å². The largest absolute Gasteiger partial charge is 0.469 e. The van der Waals surface area contributed by atoms with Crippen LogP contribution in [-0.2, 0) is 14.3 Å². The van der Waals surface area contributed by atoms with Gasteiger partial charge >= 0.3 is 5.97 Å². The fourth-order valence-corrected chi connectivity index (χ4v) is 4.00. The number of methoxy groups -OCH3 is 1. The number of Topliss-reactive ketones (excluding diaryl/α,β-unsaturated/α-hetero) is 1. The molecule has 0 aromatic heterocycles. The minimum absolute atomic E-state index is 0.109. The van der Waals surface area contributed by atoms with Crippen molar-refractivity contribution in [3.8, 4) is 0 Å². The fraction of sp³-hybridized carbons (Fsp3) is 0.826. The van der Waals surface area contributed by atoms with Crippen LogP contribution in [0.15, 0.2) is 12.2 Å². The summed E-state index contributed by atoms with van der Waals surface area (Å²) in [7, 11) is 1.41. The average molecular weight is 397 g/mol. The predicted octanol–water partition coefficient (Wildman–Crippen LogP) is 4.34. The molecule has 5 nitrogen and oxygen atoms in total. The number of carbonyl (C=O) groups excluding carboxylic acids is 2. The number of aliphatic hydroxyl groups excluding tert-OH is 1. The first-order valence-corrected chi connectivity index (χ1v) is 11.0. The number of aliphatic hydroxyl groups is 2. The Morgan fingerprint density at radius 2 is 1.89 bits per heavy atom. The Morgan fingerprint density at radius 1 is 1.21 bits per heavy atom. The van der Waals surface area contributed by atoms with Crippen LogP contribution in [0.4, 0.5) is 0 Å². The Labute approximate surface area is 170 Å². The van der Waals surface area contributed by atoms with E-state index in [1.54, 1.807) is 0 Å². The minimum Gasteiger partial charge on any atom is -0.469 e. The molecule has 0 amide bonds. The highest BCUT2D eigenvalue weighted by Crippen LogP contribution is 2.34. The fourth-order valence-electron chi connectivity index (χ4n) is 4.00. The van der Waals surface area contributed by atoms with Gasteiger partial charge < -0.3 is 14.9 Å². The second kappa shape index (κ2) is 13.1. The molecule has 0 aliphatic heterocycles. The Bertz CT molecular complexity index is 497. The molecule has 0 saturated heterocycles. The number of unbranched alkanes of at least 4 members (excludes halogenated alkanes) is 5. The molecule has 1 aliphatic rings. The third kappa shape index (κ3) is 9.33. The lowest BCUT2D eigenvalue weighted by Crippen LogP contribution is -2.23. The molecule has 0 spiro atoms. The van der Waals surface area contributed by atoms with Gasteiger partial charge in [-0.05, 0) is 32.6 Å². The summed E-state index contributed by atoms with van der Waals surface area (Å²) in [6.45, 7) is 3.96. The molecular weight excluding hydrogens is 356 g/mol. The lowest BCUT2D eigenvalue weighted by Gasteiger charge is -2.22. The van der Waals surface area contributed by atoms with Crippen molar-refractivity contribution < 1.29 is 24.5 Å². The molecule has 1 unspecified atom stereocenters. The lowest BCUT2D eigenvalue weighted by atomic mass is 9.87. The van der Waals surface area contributed by atoms with E-state index in [0.29, 0.717) is 12.8 Å². The minimum atomic E-state index is -0.722. The number of hydrogen-bond donors (Lipinski definition) is 2. The normalized spacial score (nSPS) is 24.6. The van der Waals surface area contributed by atoms with Crippen LogP contribution in [0, 0.1) is 11.8 Å². The van der Waals surface area contributed by atoms with E-state index in [9.17, 15) is 19.8 Å². The molecule has 1 aliphatic carbocycles. The van der Waals surface area contributed by atoms with Crippen molar-refractivity contribution in [1.29, 1.82) is 0 Å². The monoisotopic (exact) mass is 396 g/mol. The van der Waals surface area contributed by atoms with Gasteiger partial charge in [0, 0.05) is 24.7 Å². The van der Waals surface area contributed by atoms with Crippen LogP contribution in [0.5, 0.6) is 0 Å². The van der Waals surface area contributed by atoms with Crippen LogP contribution in [0.3, 0.4) is 0 Å². The molecule has 0 aromatic carbocycles. The highest BCUT2D eigenvalue weighted by molar-refractivity contribution is 5.84. The highest BCUT2D eigenvalue weighted by atomic mass is 16.5. The van der Waals surface area contributed by atoms with E-state index >= 15 is 0 Å². The molecule has 162 valence electrons. The van der Waals surface area contributed by atoms with Gasteiger partial charge in [-0.3, -0.25) is 9.59 Å². The third-order valence-corrected chi connectivity index (χ3v) is 5.84. The van der Waals surface area contributed by atoms with Crippen LogP contribution in [-0.4, -0.2) is 40.8 Å². The van der Waals surface area contributed by atoms with Gasteiger partial charge in [-0.2, -0.15) is 0 Å². The summed E-state index contributed by atoms with van der Waals surface area (Å²) in [5.41, 5.74) is -0.722. The van der Waals surface area contributed by atoms with Crippen LogP contribution in [0.1, 0.15) is 90.9 Å². The first-order valence-electron chi connectivity index (χ1n) is 11.0. The molecule has 0 bridgehead atoms. The molecule has 4 atom stereocenters. The van der Waals surface area contributed by atoms with E-state index in [1.165, 1.54) is 7.11 Å². The van der Waals surface area contributed by atoms with Crippen LogP contribution in [0.2, 0.25) is 0 Å². The summed E-state index contributed by atoms with van der Waals surface area (Å²) in [6, 6.07) is 0. The predicted molar refractivity (Wildman–Crippen MR) is 111 cm³/mol. The molecule has 28 heavy (non-hydrogen) atoms. The number of ketones is 1. The van der Waals surface area contributed by atoms with Gasteiger partial charge in [0.15, 0.2) is 0 Å². The van der Waals surface area contributed by atoms with Crippen LogP contribution >= 0.6 is 0 Å².